The van der Waals surface area contributed by atoms with E-state index in [2.05, 4.69) is 28.6 Å². The molecule has 1 heterocycles. The molecule has 0 saturated carbocycles. The largest absolute Gasteiger partial charge is 0.478 e. The summed E-state index contributed by atoms with van der Waals surface area (Å²) in [6.45, 7) is 0.244. The van der Waals surface area contributed by atoms with Gasteiger partial charge in [-0.15, -0.1) is 0 Å². The Morgan fingerprint density at radius 3 is 2.80 bits per heavy atom. The first kappa shape index (κ1) is 15.6. The molecule has 0 bridgehead atoms. The van der Waals surface area contributed by atoms with Gasteiger partial charge in [0.1, 0.15) is 0 Å². The zero-order valence-electron chi connectivity index (χ0n) is 10.1. The Balaban J connectivity index is 2.58. The molecule has 20 heavy (non-hydrogen) atoms. The van der Waals surface area contributed by atoms with E-state index in [-0.39, 0.29) is 45.5 Å². The van der Waals surface area contributed by atoms with Crippen LogP contribution in [0.25, 0.3) is 0 Å². The maximum Gasteiger partial charge on any atom is 0.337 e. The topological polar surface area (TPSA) is 57.6 Å². The second-order valence-corrected chi connectivity index (χ2v) is 6.01. The zero-order chi connectivity index (χ0) is 15.0. The summed E-state index contributed by atoms with van der Waals surface area (Å²) in [6.07, 6.45) is 0.224. The third kappa shape index (κ3) is 2.66. The van der Waals surface area contributed by atoms with Gasteiger partial charge < -0.3 is 10.0 Å². The summed E-state index contributed by atoms with van der Waals surface area (Å²) in [5, 5.41) is 9.13. The van der Waals surface area contributed by atoms with Crippen molar-refractivity contribution < 1.29 is 19.1 Å². The van der Waals surface area contributed by atoms with Crippen LogP contribution in [0, 0.1) is 11.7 Å². The van der Waals surface area contributed by atoms with Crippen molar-refractivity contribution in [1.29, 1.82) is 0 Å². The van der Waals surface area contributed by atoms with Crippen LogP contribution in [0.2, 0.25) is 5.02 Å². The molecule has 1 saturated heterocycles. The van der Waals surface area contributed by atoms with Crippen molar-refractivity contribution in [3.05, 3.63) is 26.9 Å². The second-order valence-electron chi connectivity index (χ2n) is 4.44. The number of aromatic carboxylic acids is 1. The summed E-state index contributed by atoms with van der Waals surface area (Å²) in [7, 11) is 0. The van der Waals surface area contributed by atoms with Crippen molar-refractivity contribution in [2.45, 2.75) is 6.42 Å². The summed E-state index contributed by atoms with van der Waals surface area (Å²) in [5.41, 5.74) is -0.577. The van der Waals surface area contributed by atoms with Crippen LogP contribution in [0.4, 0.5) is 10.1 Å². The maximum absolute atomic E-state index is 14.3. The van der Waals surface area contributed by atoms with Crippen molar-refractivity contribution in [2.75, 3.05) is 17.2 Å². The van der Waals surface area contributed by atoms with E-state index in [4.69, 9.17) is 11.6 Å². The minimum Gasteiger partial charge on any atom is -0.478 e. The van der Waals surface area contributed by atoms with Gasteiger partial charge in [0, 0.05) is 13.0 Å². The quantitative estimate of drug-likeness (QED) is 0.623. The smallest absolute Gasteiger partial charge is 0.337 e. The summed E-state index contributed by atoms with van der Waals surface area (Å²) in [6, 6.07) is 1.13. The molecule has 0 spiro atoms. The first-order chi connectivity index (χ1) is 9.36. The lowest BCUT2D eigenvalue weighted by Crippen LogP contribution is -2.28. The van der Waals surface area contributed by atoms with Crippen LogP contribution in [0.15, 0.2) is 10.5 Å². The number of hydrogen-bond donors (Lipinski definition) is 2. The Hall–Kier alpha value is -0.790. The Kier molecular flexibility index (Phi) is 4.61. The molecule has 1 amide bonds. The van der Waals surface area contributed by atoms with Crippen LogP contribution in [-0.2, 0) is 4.79 Å². The molecule has 1 aromatic carbocycles. The van der Waals surface area contributed by atoms with Crippen LogP contribution in [0.3, 0.4) is 0 Å². The summed E-state index contributed by atoms with van der Waals surface area (Å²) in [4.78, 5) is 24.4. The molecule has 1 fully saturated rings. The highest BCUT2D eigenvalue weighted by Gasteiger charge is 2.35. The molecular formula is C12H10BrClFNO3S. The molecule has 0 aliphatic carbocycles. The standard InChI is InChI=1S/C12H10BrClFNO3S/c13-9-7(14)2-6(12(18)19)11(10(9)15)16-3-5(4-20)1-8(16)17/h2,5,20H,1,3-4H2,(H,18,19). The maximum atomic E-state index is 14.3. The molecule has 1 aliphatic heterocycles. The number of thiol groups is 1. The van der Waals surface area contributed by atoms with Gasteiger partial charge in [-0.2, -0.15) is 12.6 Å². The van der Waals surface area contributed by atoms with Gasteiger partial charge in [-0.05, 0) is 33.7 Å². The number of halogens is 3. The van der Waals surface area contributed by atoms with E-state index in [1.807, 2.05) is 0 Å². The number of hydrogen-bond acceptors (Lipinski definition) is 3. The number of anilines is 1. The predicted molar refractivity (Wildman–Crippen MR) is 80.4 cm³/mol. The van der Waals surface area contributed by atoms with Crippen molar-refractivity contribution in [2.24, 2.45) is 5.92 Å². The Morgan fingerprint density at radius 1 is 1.65 bits per heavy atom. The van der Waals surface area contributed by atoms with Gasteiger partial charge in [0.15, 0.2) is 5.82 Å². The lowest BCUT2D eigenvalue weighted by molar-refractivity contribution is -0.117. The van der Waals surface area contributed by atoms with Crippen LogP contribution in [0.5, 0.6) is 0 Å². The van der Waals surface area contributed by atoms with Gasteiger partial charge in [-0.3, -0.25) is 4.79 Å². The van der Waals surface area contributed by atoms with Gasteiger partial charge >= 0.3 is 5.97 Å². The van der Waals surface area contributed by atoms with E-state index < -0.39 is 11.8 Å². The van der Waals surface area contributed by atoms with E-state index in [9.17, 15) is 19.1 Å². The molecule has 1 aromatic rings. The predicted octanol–water partition coefficient (Wildman–Crippen LogP) is 3.22. The molecular weight excluding hydrogens is 373 g/mol. The normalized spacial score (nSPS) is 18.7. The van der Waals surface area contributed by atoms with E-state index >= 15 is 0 Å². The number of carboxylic acid groups (broad SMARTS) is 1. The van der Waals surface area contributed by atoms with Gasteiger partial charge in [-0.25, -0.2) is 9.18 Å². The average molecular weight is 383 g/mol. The van der Waals surface area contributed by atoms with Gasteiger partial charge in [-0.1, -0.05) is 11.6 Å². The first-order valence-electron chi connectivity index (χ1n) is 5.68. The molecule has 1 N–H and O–H groups in total. The Morgan fingerprint density at radius 2 is 2.30 bits per heavy atom. The van der Waals surface area contributed by atoms with Crippen LogP contribution in [0.1, 0.15) is 16.8 Å². The molecule has 1 atom stereocenters. The Bertz CT molecular complexity index is 599. The molecule has 8 heteroatoms. The summed E-state index contributed by atoms with van der Waals surface area (Å²) >= 11 is 12.8. The molecule has 0 aromatic heterocycles. The van der Waals surface area contributed by atoms with Gasteiger partial charge in [0.05, 0.1) is 20.7 Å². The average Bonchev–Trinajstić information content (AvgIpc) is 2.76. The number of rotatable bonds is 3. The van der Waals surface area contributed by atoms with Crippen molar-refractivity contribution >= 4 is 57.7 Å². The molecule has 108 valence electrons. The monoisotopic (exact) mass is 381 g/mol. The highest BCUT2D eigenvalue weighted by atomic mass is 79.9. The SMILES string of the molecule is O=C(O)c1cc(Cl)c(Br)c(F)c1N1CC(CS)CC1=O. The van der Waals surface area contributed by atoms with Crippen molar-refractivity contribution in [1.82, 2.24) is 0 Å². The van der Waals surface area contributed by atoms with Crippen molar-refractivity contribution in [3.8, 4) is 0 Å². The van der Waals surface area contributed by atoms with Gasteiger partial charge in [0.2, 0.25) is 5.91 Å². The lowest BCUT2D eigenvalue weighted by atomic mass is 10.1. The fourth-order valence-corrected chi connectivity index (χ4v) is 2.87. The number of carboxylic acids is 1. The van der Waals surface area contributed by atoms with E-state index in [1.54, 1.807) is 0 Å². The molecule has 1 unspecified atom stereocenters. The van der Waals surface area contributed by atoms with E-state index in [1.165, 1.54) is 0 Å². The molecule has 1 aliphatic rings. The third-order valence-electron chi connectivity index (χ3n) is 3.10. The molecule has 4 nitrogen and oxygen atoms in total. The highest BCUT2D eigenvalue weighted by molar-refractivity contribution is 9.10. The number of carbonyl (C=O) groups excluding carboxylic acids is 1. The van der Waals surface area contributed by atoms with E-state index in [0.29, 0.717) is 5.75 Å². The first-order valence-corrected chi connectivity index (χ1v) is 7.49. The lowest BCUT2D eigenvalue weighted by Gasteiger charge is -2.20. The fraction of sp³-hybridized carbons (Fsp3) is 0.333. The van der Waals surface area contributed by atoms with E-state index in [0.717, 1.165) is 11.0 Å². The molecule has 0 radical (unpaired) electrons. The number of benzene rings is 1. The second kappa shape index (κ2) is 5.91. The number of nitrogens with zero attached hydrogens (tertiary/aromatic N) is 1. The van der Waals surface area contributed by atoms with Crippen LogP contribution < -0.4 is 4.90 Å². The van der Waals surface area contributed by atoms with Gasteiger partial charge in [0.25, 0.3) is 0 Å². The minimum absolute atomic E-state index is 0.0265. The highest BCUT2D eigenvalue weighted by Crippen LogP contribution is 2.38. The van der Waals surface area contributed by atoms with Crippen molar-refractivity contribution in [3.63, 3.8) is 0 Å². The fourth-order valence-electron chi connectivity index (χ4n) is 2.13. The third-order valence-corrected chi connectivity index (χ3v) is 4.92. The minimum atomic E-state index is -1.34. The number of carbonyl (C=O) groups is 2. The zero-order valence-corrected chi connectivity index (χ0v) is 13.3. The number of amides is 1. The molecule has 2 rings (SSSR count). The van der Waals surface area contributed by atoms with Crippen LogP contribution >= 0.6 is 40.2 Å². The summed E-state index contributed by atoms with van der Waals surface area (Å²) in [5.74, 6) is -2.06. The summed E-state index contributed by atoms with van der Waals surface area (Å²) < 4.78 is 14.3. The Labute approximate surface area is 133 Å². The van der Waals surface area contributed by atoms with Crippen LogP contribution in [-0.4, -0.2) is 29.3 Å².